The molecule has 0 radical (unpaired) electrons. The molecule has 0 unspecified atom stereocenters. The van der Waals surface area contributed by atoms with Crippen LogP contribution in [0.15, 0.2) is 24.3 Å². The summed E-state index contributed by atoms with van der Waals surface area (Å²) < 4.78 is 0. The molecule has 0 heterocycles. The van der Waals surface area contributed by atoms with E-state index >= 15 is 0 Å². The molecular formula is C15H20N2O. The van der Waals surface area contributed by atoms with E-state index in [1.54, 1.807) is 0 Å². The lowest BCUT2D eigenvalue weighted by Gasteiger charge is -2.17. The Balaban J connectivity index is 2.47. The molecule has 96 valence electrons. The van der Waals surface area contributed by atoms with E-state index in [0.29, 0.717) is 12.8 Å². The molecule has 1 aromatic rings. The van der Waals surface area contributed by atoms with Gasteiger partial charge in [-0.15, -0.1) is 0 Å². The van der Waals surface area contributed by atoms with Crippen molar-refractivity contribution in [2.24, 2.45) is 5.41 Å². The van der Waals surface area contributed by atoms with Crippen LogP contribution in [0.3, 0.4) is 0 Å². The Morgan fingerprint density at radius 2 is 1.89 bits per heavy atom. The highest BCUT2D eigenvalue weighted by molar-refractivity contribution is 5.90. The fraction of sp³-hybridized carbons (Fsp3) is 0.467. The first-order chi connectivity index (χ1) is 8.40. The van der Waals surface area contributed by atoms with Gasteiger partial charge in [-0.25, -0.2) is 0 Å². The summed E-state index contributed by atoms with van der Waals surface area (Å²) in [6.45, 7) is 6.37. The van der Waals surface area contributed by atoms with Crippen molar-refractivity contribution in [3.63, 3.8) is 0 Å². The Morgan fingerprint density at radius 3 is 2.39 bits per heavy atom. The number of benzene rings is 1. The lowest BCUT2D eigenvalue weighted by molar-refractivity contribution is -0.116. The van der Waals surface area contributed by atoms with Crippen LogP contribution in [0.25, 0.3) is 0 Å². The molecule has 0 bridgehead atoms. The van der Waals surface area contributed by atoms with E-state index < -0.39 is 0 Å². The number of rotatable bonds is 4. The van der Waals surface area contributed by atoms with Crippen LogP contribution >= 0.6 is 0 Å². The van der Waals surface area contributed by atoms with Gasteiger partial charge >= 0.3 is 0 Å². The third-order valence-electron chi connectivity index (χ3n) is 2.62. The van der Waals surface area contributed by atoms with Crippen molar-refractivity contribution in [1.82, 2.24) is 0 Å². The molecule has 18 heavy (non-hydrogen) atoms. The van der Waals surface area contributed by atoms with Crippen LogP contribution in [0.5, 0.6) is 0 Å². The van der Waals surface area contributed by atoms with Gasteiger partial charge in [-0.2, -0.15) is 5.26 Å². The zero-order chi connectivity index (χ0) is 13.6. The summed E-state index contributed by atoms with van der Waals surface area (Å²) in [7, 11) is 0. The van der Waals surface area contributed by atoms with E-state index in [-0.39, 0.29) is 11.3 Å². The third kappa shape index (κ3) is 5.49. The molecule has 0 saturated heterocycles. The first-order valence-electron chi connectivity index (χ1n) is 6.16. The van der Waals surface area contributed by atoms with Crippen LogP contribution in [0.2, 0.25) is 0 Å². The normalized spacial score (nSPS) is 10.8. The van der Waals surface area contributed by atoms with Crippen molar-refractivity contribution >= 4 is 11.6 Å². The second-order valence-electron chi connectivity index (χ2n) is 5.64. The number of nitrogens with one attached hydrogen (secondary N) is 1. The lowest BCUT2D eigenvalue weighted by Crippen LogP contribution is -2.15. The highest BCUT2D eigenvalue weighted by Gasteiger charge is 2.12. The van der Waals surface area contributed by atoms with Gasteiger partial charge in [-0.05, 0) is 29.5 Å². The Hall–Kier alpha value is -1.82. The van der Waals surface area contributed by atoms with Gasteiger partial charge in [0.25, 0.3) is 0 Å². The molecule has 1 aromatic carbocycles. The molecule has 1 amide bonds. The first-order valence-corrected chi connectivity index (χ1v) is 6.16. The second kappa shape index (κ2) is 6.20. The summed E-state index contributed by atoms with van der Waals surface area (Å²) in [4.78, 5) is 11.7. The Kier molecular flexibility index (Phi) is 4.91. The molecule has 1 rings (SSSR count). The molecule has 0 aliphatic carbocycles. The molecule has 0 aliphatic rings. The van der Waals surface area contributed by atoms with Crippen LogP contribution in [0.4, 0.5) is 5.69 Å². The van der Waals surface area contributed by atoms with Gasteiger partial charge in [0.15, 0.2) is 0 Å². The second-order valence-corrected chi connectivity index (χ2v) is 5.64. The quantitative estimate of drug-likeness (QED) is 0.881. The molecule has 0 saturated carbocycles. The summed E-state index contributed by atoms with van der Waals surface area (Å²) in [5.41, 5.74) is 1.93. The number of carbonyl (C=O) groups is 1. The molecule has 0 spiro atoms. The van der Waals surface area contributed by atoms with Crippen molar-refractivity contribution in [3.8, 4) is 6.07 Å². The smallest absolute Gasteiger partial charge is 0.224 e. The number of nitrogens with zero attached hydrogens (tertiary/aromatic N) is 1. The average Bonchev–Trinajstić information content (AvgIpc) is 2.29. The highest BCUT2D eigenvalue weighted by Crippen LogP contribution is 2.21. The fourth-order valence-corrected chi connectivity index (χ4v) is 1.51. The summed E-state index contributed by atoms with van der Waals surface area (Å²) >= 11 is 0. The van der Waals surface area contributed by atoms with Gasteiger partial charge in [-0.3, -0.25) is 4.79 Å². The van der Waals surface area contributed by atoms with Gasteiger partial charge in [-0.1, -0.05) is 32.9 Å². The number of amides is 1. The van der Waals surface area contributed by atoms with Crippen molar-refractivity contribution in [2.45, 2.75) is 40.0 Å². The third-order valence-corrected chi connectivity index (χ3v) is 2.62. The van der Waals surface area contributed by atoms with E-state index in [0.717, 1.165) is 17.7 Å². The van der Waals surface area contributed by atoms with Gasteiger partial charge in [0.05, 0.1) is 12.5 Å². The Labute approximate surface area is 109 Å². The molecule has 3 nitrogen and oxygen atoms in total. The van der Waals surface area contributed by atoms with E-state index in [9.17, 15) is 4.79 Å². The molecule has 0 fully saturated rings. The minimum absolute atomic E-state index is 0.0398. The monoisotopic (exact) mass is 244 g/mol. The largest absolute Gasteiger partial charge is 0.326 e. The first kappa shape index (κ1) is 14.2. The van der Waals surface area contributed by atoms with Crippen LogP contribution in [-0.2, 0) is 11.2 Å². The minimum Gasteiger partial charge on any atom is -0.326 e. The Morgan fingerprint density at radius 1 is 1.28 bits per heavy atom. The Bertz CT molecular complexity index is 435. The van der Waals surface area contributed by atoms with Gasteiger partial charge < -0.3 is 5.32 Å². The highest BCUT2D eigenvalue weighted by atomic mass is 16.1. The van der Waals surface area contributed by atoms with Crippen LogP contribution < -0.4 is 5.32 Å². The zero-order valence-corrected chi connectivity index (χ0v) is 11.3. The van der Waals surface area contributed by atoms with Crippen molar-refractivity contribution in [3.05, 3.63) is 29.8 Å². The van der Waals surface area contributed by atoms with Crippen LogP contribution in [0.1, 0.15) is 39.2 Å². The van der Waals surface area contributed by atoms with Crippen molar-refractivity contribution < 1.29 is 4.79 Å². The van der Waals surface area contributed by atoms with E-state index in [2.05, 4.69) is 32.2 Å². The molecular weight excluding hydrogens is 224 g/mol. The lowest BCUT2D eigenvalue weighted by atomic mass is 9.90. The van der Waals surface area contributed by atoms with Gasteiger partial charge in [0.2, 0.25) is 5.91 Å². The van der Waals surface area contributed by atoms with Gasteiger partial charge in [0.1, 0.15) is 0 Å². The molecule has 0 atom stereocenters. The van der Waals surface area contributed by atoms with E-state index in [4.69, 9.17) is 5.26 Å². The maximum Gasteiger partial charge on any atom is 0.224 e. The summed E-state index contributed by atoms with van der Waals surface area (Å²) in [6, 6.07) is 9.49. The number of nitriles is 1. The number of carbonyl (C=O) groups excluding carboxylic acids is 1. The number of hydrogen-bond donors (Lipinski definition) is 1. The maximum atomic E-state index is 11.7. The summed E-state index contributed by atoms with van der Waals surface area (Å²) in [6.07, 6.45) is 1.80. The summed E-state index contributed by atoms with van der Waals surface area (Å²) in [5.74, 6) is 0.0398. The minimum atomic E-state index is 0.0398. The molecule has 0 aliphatic heterocycles. The summed E-state index contributed by atoms with van der Waals surface area (Å²) in [5, 5.41) is 11.4. The van der Waals surface area contributed by atoms with E-state index in [1.807, 2.05) is 24.3 Å². The topological polar surface area (TPSA) is 52.9 Å². The van der Waals surface area contributed by atoms with Crippen molar-refractivity contribution in [1.29, 1.82) is 5.26 Å². The van der Waals surface area contributed by atoms with E-state index in [1.165, 1.54) is 0 Å². The van der Waals surface area contributed by atoms with Crippen LogP contribution in [-0.4, -0.2) is 5.91 Å². The SMILES string of the molecule is CC(C)(C)CCC(=O)Nc1ccc(CC#N)cc1. The van der Waals surface area contributed by atoms with Crippen LogP contribution in [0, 0.1) is 16.7 Å². The number of anilines is 1. The van der Waals surface area contributed by atoms with Crippen molar-refractivity contribution in [2.75, 3.05) is 5.32 Å². The van der Waals surface area contributed by atoms with Gasteiger partial charge in [0, 0.05) is 12.1 Å². The predicted molar refractivity (Wildman–Crippen MR) is 73.1 cm³/mol. The molecule has 1 N–H and O–H groups in total. The molecule has 3 heteroatoms. The molecule has 0 aromatic heterocycles. The predicted octanol–water partition coefficient (Wildman–Crippen LogP) is 3.52. The maximum absolute atomic E-state index is 11.7. The number of hydrogen-bond acceptors (Lipinski definition) is 2. The zero-order valence-electron chi connectivity index (χ0n) is 11.3. The standard InChI is InChI=1S/C15H20N2O/c1-15(2,3)10-8-14(18)17-13-6-4-12(5-7-13)9-11-16/h4-7H,8-10H2,1-3H3,(H,17,18). The fourth-order valence-electron chi connectivity index (χ4n) is 1.51. The average molecular weight is 244 g/mol.